The molecule has 0 saturated heterocycles. The van der Waals surface area contributed by atoms with E-state index in [2.05, 4.69) is 5.32 Å². The Hall–Kier alpha value is -2.69. The van der Waals surface area contributed by atoms with Crippen LogP contribution in [0.15, 0.2) is 36.4 Å². The molecule has 0 saturated carbocycles. The fraction of sp³-hybridized carbons (Fsp3) is 0.278. The van der Waals surface area contributed by atoms with E-state index < -0.39 is 0 Å². The zero-order valence-electron chi connectivity index (χ0n) is 13.4. The van der Waals surface area contributed by atoms with Crippen molar-refractivity contribution in [2.45, 2.75) is 12.3 Å². The molecule has 0 bridgehead atoms. The van der Waals surface area contributed by atoms with Crippen molar-refractivity contribution in [2.75, 3.05) is 26.6 Å². The van der Waals surface area contributed by atoms with Gasteiger partial charge >= 0.3 is 0 Å². The van der Waals surface area contributed by atoms with Gasteiger partial charge in [-0.05, 0) is 29.3 Å². The summed E-state index contributed by atoms with van der Waals surface area (Å²) in [5, 5.41) is 2.91. The van der Waals surface area contributed by atoms with Crippen molar-refractivity contribution in [3.8, 4) is 17.2 Å². The molecule has 3 rings (SSSR count). The second kappa shape index (κ2) is 6.20. The van der Waals surface area contributed by atoms with Gasteiger partial charge in [-0.2, -0.15) is 0 Å². The number of hydrogen-bond donors (Lipinski definition) is 1. The molecule has 1 heterocycles. The number of ether oxygens (including phenoxy) is 3. The van der Waals surface area contributed by atoms with Crippen LogP contribution < -0.4 is 19.5 Å². The average molecular weight is 313 g/mol. The lowest BCUT2D eigenvalue weighted by Crippen LogP contribution is -2.23. The van der Waals surface area contributed by atoms with Gasteiger partial charge in [-0.15, -0.1) is 0 Å². The Morgan fingerprint density at radius 2 is 1.74 bits per heavy atom. The first-order valence-corrected chi connectivity index (χ1v) is 7.36. The van der Waals surface area contributed by atoms with Crippen molar-refractivity contribution in [3.05, 3.63) is 47.5 Å². The Bertz CT molecular complexity index is 742. The van der Waals surface area contributed by atoms with Crippen LogP contribution in [0.5, 0.6) is 17.2 Å². The van der Waals surface area contributed by atoms with Crippen molar-refractivity contribution >= 4 is 11.6 Å². The van der Waals surface area contributed by atoms with Crippen LogP contribution in [0.4, 0.5) is 5.69 Å². The predicted octanol–water partition coefficient (Wildman–Crippen LogP) is 3.19. The molecular formula is C18H19NO4. The Labute approximate surface area is 135 Å². The summed E-state index contributed by atoms with van der Waals surface area (Å²) < 4.78 is 16.0. The van der Waals surface area contributed by atoms with Crippen molar-refractivity contribution in [3.63, 3.8) is 0 Å². The minimum Gasteiger partial charge on any atom is -0.497 e. The lowest BCUT2D eigenvalue weighted by molar-refractivity contribution is -0.116. The van der Waals surface area contributed by atoms with Gasteiger partial charge in [0.1, 0.15) is 5.75 Å². The minimum absolute atomic E-state index is 0.0162. The van der Waals surface area contributed by atoms with Gasteiger partial charge in [0.05, 0.1) is 21.3 Å². The molecule has 0 radical (unpaired) electrons. The van der Waals surface area contributed by atoms with Crippen LogP contribution in [-0.4, -0.2) is 27.2 Å². The molecule has 2 aromatic rings. The van der Waals surface area contributed by atoms with Crippen molar-refractivity contribution in [1.82, 2.24) is 0 Å². The molecule has 0 unspecified atom stereocenters. The molecule has 2 aromatic carbocycles. The largest absolute Gasteiger partial charge is 0.497 e. The summed E-state index contributed by atoms with van der Waals surface area (Å²) in [5.74, 6) is 1.95. The quantitative estimate of drug-likeness (QED) is 0.942. The van der Waals surface area contributed by atoms with Gasteiger partial charge in [-0.1, -0.05) is 12.1 Å². The summed E-state index contributed by atoms with van der Waals surface area (Å²) in [4.78, 5) is 12.1. The lowest BCUT2D eigenvalue weighted by atomic mass is 9.84. The number of rotatable bonds is 4. The Balaban J connectivity index is 2.12. The Morgan fingerprint density at radius 1 is 1.00 bits per heavy atom. The number of carbonyl (C=O) groups excluding carboxylic acids is 1. The molecule has 0 aromatic heterocycles. The van der Waals surface area contributed by atoms with Crippen molar-refractivity contribution in [1.29, 1.82) is 0 Å². The average Bonchev–Trinajstić information content (AvgIpc) is 2.59. The van der Waals surface area contributed by atoms with Gasteiger partial charge in [0.25, 0.3) is 0 Å². The molecule has 1 N–H and O–H groups in total. The third-order valence-corrected chi connectivity index (χ3v) is 4.09. The van der Waals surface area contributed by atoms with Crippen LogP contribution in [0.25, 0.3) is 0 Å². The predicted molar refractivity (Wildman–Crippen MR) is 87.6 cm³/mol. The van der Waals surface area contributed by atoms with Gasteiger partial charge in [-0.25, -0.2) is 0 Å². The van der Waals surface area contributed by atoms with E-state index in [1.165, 1.54) is 0 Å². The van der Waals surface area contributed by atoms with Gasteiger partial charge in [0.2, 0.25) is 5.91 Å². The molecular weight excluding hydrogens is 294 g/mol. The maximum atomic E-state index is 12.1. The first-order chi connectivity index (χ1) is 11.2. The molecule has 5 heteroatoms. The normalized spacial score (nSPS) is 16.3. The maximum absolute atomic E-state index is 12.1. The lowest BCUT2D eigenvalue weighted by Gasteiger charge is -2.27. The molecule has 23 heavy (non-hydrogen) atoms. The number of anilines is 1. The first-order valence-electron chi connectivity index (χ1n) is 7.36. The fourth-order valence-corrected chi connectivity index (χ4v) is 2.94. The summed E-state index contributed by atoms with van der Waals surface area (Å²) in [7, 11) is 4.81. The number of fused-ring (bicyclic) bond motifs is 1. The first kappa shape index (κ1) is 15.2. The maximum Gasteiger partial charge on any atom is 0.225 e. The van der Waals surface area contributed by atoms with Crippen LogP contribution in [0.3, 0.4) is 0 Å². The molecule has 1 aliphatic rings. The van der Waals surface area contributed by atoms with E-state index in [9.17, 15) is 4.79 Å². The second-order valence-corrected chi connectivity index (χ2v) is 5.38. The summed E-state index contributed by atoms with van der Waals surface area (Å²) >= 11 is 0. The van der Waals surface area contributed by atoms with E-state index in [0.717, 1.165) is 22.6 Å². The fourth-order valence-electron chi connectivity index (χ4n) is 2.94. The van der Waals surface area contributed by atoms with E-state index in [-0.39, 0.29) is 11.8 Å². The SMILES string of the molecule is COc1cccc([C@@H]2CC(=O)Nc3cc(OC)c(OC)cc32)c1. The Kier molecular flexibility index (Phi) is 4.10. The standard InChI is InChI=1S/C18H19NO4/c1-21-12-6-4-5-11(7-12)13-9-18(20)19-15-10-17(23-3)16(22-2)8-14(13)15/h4-8,10,13H,9H2,1-3H3,(H,19,20)/t13-/m0/s1. The highest BCUT2D eigenvalue weighted by Crippen LogP contribution is 2.43. The minimum atomic E-state index is -0.0475. The van der Waals surface area contributed by atoms with Crippen LogP contribution in [0.2, 0.25) is 0 Å². The monoisotopic (exact) mass is 313 g/mol. The molecule has 0 fully saturated rings. The van der Waals surface area contributed by atoms with Crippen LogP contribution in [0, 0.1) is 0 Å². The summed E-state index contributed by atoms with van der Waals surface area (Å²) in [6.07, 6.45) is 0.385. The van der Waals surface area contributed by atoms with Crippen LogP contribution in [-0.2, 0) is 4.79 Å². The third kappa shape index (κ3) is 2.82. The third-order valence-electron chi connectivity index (χ3n) is 4.09. The summed E-state index contributed by atoms with van der Waals surface area (Å²) in [6.45, 7) is 0. The second-order valence-electron chi connectivity index (χ2n) is 5.38. The number of methoxy groups -OCH3 is 3. The highest BCUT2D eigenvalue weighted by Gasteiger charge is 2.28. The van der Waals surface area contributed by atoms with E-state index in [4.69, 9.17) is 14.2 Å². The summed E-state index contributed by atoms with van der Waals surface area (Å²) in [6, 6.07) is 11.5. The number of hydrogen-bond acceptors (Lipinski definition) is 4. The van der Waals surface area contributed by atoms with Gasteiger partial charge in [-0.3, -0.25) is 4.79 Å². The zero-order chi connectivity index (χ0) is 16.4. The number of carbonyl (C=O) groups is 1. The van der Waals surface area contributed by atoms with Crippen LogP contribution >= 0.6 is 0 Å². The van der Waals surface area contributed by atoms with E-state index in [1.54, 1.807) is 27.4 Å². The topological polar surface area (TPSA) is 56.8 Å². The smallest absolute Gasteiger partial charge is 0.225 e. The highest BCUT2D eigenvalue weighted by molar-refractivity contribution is 5.96. The molecule has 1 aliphatic heterocycles. The van der Waals surface area contributed by atoms with E-state index in [1.807, 2.05) is 30.3 Å². The van der Waals surface area contributed by atoms with Gasteiger partial charge < -0.3 is 19.5 Å². The number of amides is 1. The van der Waals surface area contributed by atoms with E-state index >= 15 is 0 Å². The van der Waals surface area contributed by atoms with Gasteiger partial charge in [0, 0.05) is 24.1 Å². The van der Waals surface area contributed by atoms with Crippen molar-refractivity contribution in [2.24, 2.45) is 0 Å². The molecule has 0 aliphatic carbocycles. The molecule has 0 spiro atoms. The molecule has 120 valence electrons. The summed E-state index contributed by atoms with van der Waals surface area (Å²) in [5.41, 5.74) is 2.80. The molecule has 1 atom stereocenters. The van der Waals surface area contributed by atoms with Crippen LogP contribution in [0.1, 0.15) is 23.5 Å². The van der Waals surface area contributed by atoms with E-state index in [0.29, 0.717) is 17.9 Å². The van der Waals surface area contributed by atoms with Gasteiger partial charge in [0.15, 0.2) is 11.5 Å². The number of nitrogens with one attached hydrogen (secondary N) is 1. The zero-order valence-corrected chi connectivity index (χ0v) is 13.4. The molecule has 1 amide bonds. The number of benzene rings is 2. The molecule has 5 nitrogen and oxygen atoms in total. The van der Waals surface area contributed by atoms with Crippen molar-refractivity contribution < 1.29 is 19.0 Å². The highest BCUT2D eigenvalue weighted by atomic mass is 16.5. The Morgan fingerprint density at radius 3 is 2.43 bits per heavy atom.